The van der Waals surface area contributed by atoms with Crippen LogP contribution in [0.15, 0.2) is 48.9 Å². The van der Waals surface area contributed by atoms with Crippen LogP contribution in [0.1, 0.15) is 18.4 Å². The van der Waals surface area contributed by atoms with E-state index in [1.54, 1.807) is 12.4 Å². The lowest BCUT2D eigenvalue weighted by Gasteiger charge is -2.36. The molecule has 0 aliphatic carbocycles. The third-order valence-electron chi connectivity index (χ3n) is 6.56. The topological polar surface area (TPSA) is 64.3 Å². The van der Waals surface area contributed by atoms with Crippen LogP contribution in [0.25, 0.3) is 11.0 Å². The van der Waals surface area contributed by atoms with E-state index in [1.165, 1.54) is 31.3 Å². The Labute approximate surface area is 183 Å². The van der Waals surface area contributed by atoms with Gasteiger partial charge < -0.3 is 19.3 Å². The maximum Gasteiger partial charge on any atom is 0.142 e. The van der Waals surface area contributed by atoms with Gasteiger partial charge in [-0.15, -0.1) is 0 Å². The fourth-order valence-electron chi connectivity index (χ4n) is 4.67. The average Bonchev–Trinajstić information content (AvgIpc) is 3.48. The highest BCUT2D eigenvalue weighted by molar-refractivity contribution is 5.82. The summed E-state index contributed by atoms with van der Waals surface area (Å²) in [6.45, 7) is 8.08. The summed E-state index contributed by atoms with van der Waals surface area (Å²) in [4.78, 5) is 16.2. The summed E-state index contributed by atoms with van der Waals surface area (Å²) in [5.74, 6) is 1.74. The standard InChI is InChI=1S/C24H31N7/c25-22(19-20-5-8-26-9-6-20)29-15-17-30(18-16-29)23-4-3-21-7-12-31(24(21)27-23)14-13-28-10-1-2-11-28/h3-9,12,25H,1-2,10-11,13-19H2. The summed E-state index contributed by atoms with van der Waals surface area (Å²) in [7, 11) is 0. The molecule has 0 unspecified atom stereocenters. The van der Waals surface area contributed by atoms with Gasteiger partial charge in [0.25, 0.3) is 0 Å². The van der Waals surface area contributed by atoms with Crippen LogP contribution < -0.4 is 4.90 Å². The summed E-state index contributed by atoms with van der Waals surface area (Å²) in [6.07, 6.45) is 9.10. The number of nitrogens with one attached hydrogen (secondary N) is 1. The van der Waals surface area contributed by atoms with E-state index in [1.807, 2.05) is 12.1 Å². The van der Waals surface area contributed by atoms with Gasteiger partial charge >= 0.3 is 0 Å². The van der Waals surface area contributed by atoms with Crippen molar-refractivity contribution in [1.82, 2.24) is 24.3 Å². The molecule has 7 heteroatoms. The van der Waals surface area contributed by atoms with E-state index < -0.39 is 0 Å². The second-order valence-corrected chi connectivity index (χ2v) is 8.59. The van der Waals surface area contributed by atoms with Gasteiger partial charge in [-0.3, -0.25) is 10.4 Å². The fraction of sp³-hybridized carbons (Fsp3) is 0.458. The molecular formula is C24H31N7. The Kier molecular flexibility index (Phi) is 5.84. The Hall–Kier alpha value is -2.93. The van der Waals surface area contributed by atoms with Crippen LogP contribution in [0.4, 0.5) is 5.82 Å². The maximum absolute atomic E-state index is 8.49. The monoisotopic (exact) mass is 417 g/mol. The van der Waals surface area contributed by atoms with Crippen molar-refractivity contribution in [2.24, 2.45) is 0 Å². The Morgan fingerprint density at radius 2 is 1.65 bits per heavy atom. The SMILES string of the molecule is N=C(Cc1ccncc1)N1CCN(c2ccc3ccn(CCN4CCCC4)c3n2)CC1. The quantitative estimate of drug-likeness (QED) is 0.494. The highest BCUT2D eigenvalue weighted by atomic mass is 15.3. The van der Waals surface area contributed by atoms with E-state index in [4.69, 9.17) is 10.4 Å². The van der Waals surface area contributed by atoms with E-state index in [9.17, 15) is 0 Å². The van der Waals surface area contributed by atoms with Crippen LogP contribution in [-0.4, -0.2) is 76.0 Å². The largest absolute Gasteiger partial charge is 0.357 e. The zero-order valence-electron chi connectivity index (χ0n) is 18.1. The van der Waals surface area contributed by atoms with Gasteiger partial charge in [-0.1, -0.05) is 0 Å². The van der Waals surface area contributed by atoms with Crippen molar-refractivity contribution >= 4 is 22.7 Å². The van der Waals surface area contributed by atoms with Crippen molar-refractivity contribution in [1.29, 1.82) is 5.41 Å². The number of piperazine rings is 1. The molecule has 0 radical (unpaired) electrons. The Morgan fingerprint density at radius 1 is 0.871 bits per heavy atom. The zero-order chi connectivity index (χ0) is 21.0. The second-order valence-electron chi connectivity index (χ2n) is 8.59. The van der Waals surface area contributed by atoms with Crippen LogP contribution in [0.5, 0.6) is 0 Å². The molecule has 0 bridgehead atoms. The Balaban J connectivity index is 1.21. The number of likely N-dealkylation sites (tertiary alicyclic amines) is 1. The van der Waals surface area contributed by atoms with E-state index >= 15 is 0 Å². The lowest BCUT2D eigenvalue weighted by Crippen LogP contribution is -2.49. The van der Waals surface area contributed by atoms with Crippen molar-refractivity contribution < 1.29 is 0 Å². The van der Waals surface area contributed by atoms with E-state index in [-0.39, 0.29) is 0 Å². The molecule has 0 saturated carbocycles. The molecule has 2 aliphatic heterocycles. The fourth-order valence-corrected chi connectivity index (χ4v) is 4.67. The number of pyridine rings is 2. The third kappa shape index (κ3) is 4.56. The normalized spacial score (nSPS) is 17.5. The molecule has 2 fully saturated rings. The molecule has 162 valence electrons. The van der Waals surface area contributed by atoms with Crippen LogP contribution in [0.3, 0.4) is 0 Å². The number of fused-ring (bicyclic) bond motifs is 1. The Morgan fingerprint density at radius 3 is 2.42 bits per heavy atom. The predicted molar refractivity (Wildman–Crippen MR) is 125 cm³/mol. The number of nitrogens with zero attached hydrogens (tertiary/aromatic N) is 6. The minimum Gasteiger partial charge on any atom is -0.357 e. The predicted octanol–water partition coefficient (Wildman–Crippen LogP) is 2.87. The first-order valence-corrected chi connectivity index (χ1v) is 11.4. The average molecular weight is 418 g/mol. The molecule has 0 aromatic carbocycles. The number of rotatable bonds is 6. The number of anilines is 1. The molecule has 5 rings (SSSR count). The van der Waals surface area contributed by atoms with Gasteiger partial charge in [0, 0.05) is 69.7 Å². The van der Waals surface area contributed by atoms with Crippen LogP contribution in [0.2, 0.25) is 0 Å². The third-order valence-corrected chi connectivity index (χ3v) is 6.56. The smallest absolute Gasteiger partial charge is 0.142 e. The van der Waals surface area contributed by atoms with Gasteiger partial charge in [0.05, 0.1) is 0 Å². The zero-order valence-corrected chi connectivity index (χ0v) is 18.1. The molecule has 0 atom stereocenters. The first kappa shape index (κ1) is 20.0. The summed E-state index contributed by atoms with van der Waals surface area (Å²) in [5.41, 5.74) is 2.23. The minimum absolute atomic E-state index is 0.664. The van der Waals surface area contributed by atoms with Crippen LogP contribution in [0, 0.1) is 5.41 Å². The number of amidine groups is 1. The van der Waals surface area contributed by atoms with Gasteiger partial charge in [0.15, 0.2) is 0 Å². The number of aromatic nitrogens is 3. The summed E-state index contributed by atoms with van der Waals surface area (Å²) >= 11 is 0. The van der Waals surface area contributed by atoms with Crippen molar-refractivity contribution in [3.8, 4) is 0 Å². The molecule has 2 aliphatic rings. The van der Waals surface area contributed by atoms with E-state index in [2.05, 4.69) is 48.6 Å². The second kappa shape index (κ2) is 9.06. The van der Waals surface area contributed by atoms with Gasteiger partial charge in [-0.25, -0.2) is 4.98 Å². The van der Waals surface area contributed by atoms with E-state index in [0.29, 0.717) is 12.3 Å². The summed E-state index contributed by atoms with van der Waals surface area (Å²) < 4.78 is 2.30. The van der Waals surface area contributed by atoms with Crippen LogP contribution >= 0.6 is 0 Å². The van der Waals surface area contributed by atoms with Gasteiger partial charge in [-0.05, 0) is 61.8 Å². The first-order chi connectivity index (χ1) is 15.3. The van der Waals surface area contributed by atoms with Crippen molar-refractivity contribution in [3.05, 3.63) is 54.5 Å². The summed E-state index contributed by atoms with van der Waals surface area (Å²) in [5, 5.41) is 9.70. The molecule has 1 N–H and O–H groups in total. The lowest BCUT2D eigenvalue weighted by atomic mass is 10.1. The first-order valence-electron chi connectivity index (χ1n) is 11.4. The molecule has 2 saturated heterocycles. The maximum atomic E-state index is 8.49. The summed E-state index contributed by atoms with van der Waals surface area (Å²) in [6, 6.07) is 10.5. The molecule has 0 spiro atoms. The molecule has 31 heavy (non-hydrogen) atoms. The van der Waals surface area contributed by atoms with Gasteiger partial charge in [-0.2, -0.15) is 0 Å². The Bertz CT molecular complexity index is 1010. The van der Waals surface area contributed by atoms with Crippen molar-refractivity contribution in [3.63, 3.8) is 0 Å². The van der Waals surface area contributed by atoms with Crippen molar-refractivity contribution in [2.45, 2.75) is 25.8 Å². The highest BCUT2D eigenvalue weighted by Crippen LogP contribution is 2.21. The van der Waals surface area contributed by atoms with E-state index in [0.717, 1.165) is 56.3 Å². The minimum atomic E-state index is 0.664. The van der Waals surface area contributed by atoms with Crippen LogP contribution in [-0.2, 0) is 13.0 Å². The molecule has 0 amide bonds. The molecular weight excluding hydrogens is 386 g/mol. The van der Waals surface area contributed by atoms with Gasteiger partial charge in [0.1, 0.15) is 17.3 Å². The lowest BCUT2D eigenvalue weighted by molar-refractivity contribution is 0.324. The molecule has 7 nitrogen and oxygen atoms in total. The highest BCUT2D eigenvalue weighted by Gasteiger charge is 2.21. The van der Waals surface area contributed by atoms with Gasteiger partial charge in [0.2, 0.25) is 0 Å². The molecule has 3 aromatic heterocycles. The molecule has 5 heterocycles. The molecule has 3 aromatic rings. The number of hydrogen-bond acceptors (Lipinski definition) is 5. The van der Waals surface area contributed by atoms with Crippen molar-refractivity contribution in [2.75, 3.05) is 50.7 Å². The number of hydrogen-bond donors (Lipinski definition) is 1.